The molecule has 0 radical (unpaired) electrons. The number of hydrogen-bond acceptors (Lipinski definition) is 5. The van der Waals surface area contributed by atoms with Crippen LogP contribution in [0, 0.1) is 5.92 Å². The van der Waals surface area contributed by atoms with Gasteiger partial charge in [-0.05, 0) is 52.5 Å². The summed E-state index contributed by atoms with van der Waals surface area (Å²) in [6, 6.07) is -0.0480. The van der Waals surface area contributed by atoms with Crippen molar-refractivity contribution in [3.8, 4) is 0 Å². The molecule has 2 heterocycles. The fourth-order valence-corrected chi connectivity index (χ4v) is 3.98. The van der Waals surface area contributed by atoms with Gasteiger partial charge in [-0.3, -0.25) is 9.59 Å². The molecule has 2 saturated heterocycles. The average molecular weight is 410 g/mol. The molecule has 0 spiro atoms. The van der Waals surface area contributed by atoms with Gasteiger partial charge in [0.05, 0.1) is 6.61 Å². The normalized spacial score (nSPS) is 19.0. The molecule has 0 aromatic heterocycles. The number of nitrogens with zero attached hydrogens (tertiary/aromatic N) is 3. The third-order valence-electron chi connectivity index (χ3n) is 5.52. The third kappa shape index (κ3) is 6.45. The number of carbonyl (C=O) groups is 3. The Balaban J connectivity index is 1.87. The van der Waals surface area contributed by atoms with E-state index in [2.05, 4.69) is 6.58 Å². The molecule has 0 aliphatic carbocycles. The molecule has 2 fully saturated rings. The molecule has 2 aliphatic heterocycles. The van der Waals surface area contributed by atoms with Crippen LogP contribution in [0.3, 0.4) is 0 Å². The van der Waals surface area contributed by atoms with E-state index in [0.717, 1.165) is 0 Å². The zero-order valence-corrected chi connectivity index (χ0v) is 17.9. The van der Waals surface area contributed by atoms with Crippen molar-refractivity contribution in [2.75, 3.05) is 39.3 Å². The Morgan fingerprint density at radius 1 is 1.07 bits per heavy atom. The Morgan fingerprint density at radius 2 is 1.62 bits per heavy atom. The zero-order chi connectivity index (χ0) is 21.6. The summed E-state index contributed by atoms with van der Waals surface area (Å²) in [6.45, 7) is 11.4. The second-order valence-corrected chi connectivity index (χ2v) is 8.76. The van der Waals surface area contributed by atoms with Crippen LogP contribution in [0.2, 0.25) is 0 Å². The van der Waals surface area contributed by atoms with E-state index in [1.807, 2.05) is 25.7 Å². The van der Waals surface area contributed by atoms with Crippen molar-refractivity contribution in [2.45, 2.75) is 58.1 Å². The number of piperidine rings is 2. The monoisotopic (exact) mass is 409 g/mol. The zero-order valence-electron chi connectivity index (χ0n) is 17.9. The van der Waals surface area contributed by atoms with E-state index in [1.165, 1.54) is 6.08 Å². The molecule has 0 saturated carbocycles. The summed E-state index contributed by atoms with van der Waals surface area (Å²) in [5.41, 5.74) is -0.594. The molecule has 0 aromatic rings. The van der Waals surface area contributed by atoms with Crippen LogP contribution in [0.5, 0.6) is 0 Å². The van der Waals surface area contributed by atoms with Gasteiger partial charge in [-0.25, -0.2) is 4.79 Å². The Bertz CT molecular complexity index is 600. The highest BCUT2D eigenvalue weighted by atomic mass is 16.6. The summed E-state index contributed by atoms with van der Waals surface area (Å²) in [5.74, 6) is 0.00257. The average Bonchev–Trinajstić information content (AvgIpc) is 2.70. The first-order chi connectivity index (χ1) is 13.7. The lowest BCUT2D eigenvalue weighted by Gasteiger charge is -2.40. The molecule has 29 heavy (non-hydrogen) atoms. The van der Waals surface area contributed by atoms with Crippen molar-refractivity contribution in [1.29, 1.82) is 0 Å². The summed E-state index contributed by atoms with van der Waals surface area (Å²) >= 11 is 0. The Morgan fingerprint density at radius 3 is 2.10 bits per heavy atom. The summed E-state index contributed by atoms with van der Waals surface area (Å²) in [5, 5.41) is 9.36. The Labute approximate surface area is 173 Å². The molecule has 0 bridgehead atoms. The number of rotatable bonds is 5. The van der Waals surface area contributed by atoms with Gasteiger partial charge in [-0.1, -0.05) is 6.58 Å². The number of aliphatic hydroxyl groups excluding tert-OH is 1. The highest BCUT2D eigenvalue weighted by molar-refractivity contribution is 5.87. The van der Waals surface area contributed by atoms with Crippen LogP contribution in [0.1, 0.15) is 46.5 Å². The highest BCUT2D eigenvalue weighted by Crippen LogP contribution is 2.24. The van der Waals surface area contributed by atoms with Crippen molar-refractivity contribution in [3.05, 3.63) is 12.7 Å². The fraction of sp³-hybridized carbons (Fsp3) is 0.762. The molecule has 8 heteroatoms. The molecule has 1 N–H and O–H groups in total. The molecule has 2 rings (SSSR count). The van der Waals surface area contributed by atoms with Crippen LogP contribution in [0.15, 0.2) is 12.7 Å². The minimum absolute atomic E-state index is 0.0480. The summed E-state index contributed by atoms with van der Waals surface area (Å²) in [4.78, 5) is 42.3. The van der Waals surface area contributed by atoms with Gasteiger partial charge >= 0.3 is 6.09 Å². The molecule has 2 aliphatic rings. The van der Waals surface area contributed by atoms with E-state index in [-0.39, 0.29) is 36.9 Å². The maximum absolute atomic E-state index is 12.9. The van der Waals surface area contributed by atoms with Gasteiger partial charge in [0.25, 0.3) is 0 Å². The van der Waals surface area contributed by atoms with Gasteiger partial charge in [0.1, 0.15) is 5.60 Å². The molecule has 0 aromatic carbocycles. The van der Waals surface area contributed by atoms with E-state index in [9.17, 15) is 19.5 Å². The lowest BCUT2D eigenvalue weighted by Crippen LogP contribution is -2.52. The molecule has 8 nitrogen and oxygen atoms in total. The minimum Gasteiger partial charge on any atom is -0.444 e. The second kappa shape index (κ2) is 10.1. The largest absolute Gasteiger partial charge is 0.444 e. The third-order valence-corrected chi connectivity index (χ3v) is 5.52. The minimum atomic E-state index is -0.594. The van der Waals surface area contributed by atoms with Crippen LogP contribution in [0.4, 0.5) is 4.79 Å². The second-order valence-electron chi connectivity index (χ2n) is 8.76. The van der Waals surface area contributed by atoms with Crippen molar-refractivity contribution >= 4 is 17.9 Å². The summed E-state index contributed by atoms with van der Waals surface area (Å²) in [6.07, 6.45) is 3.57. The van der Waals surface area contributed by atoms with Gasteiger partial charge in [0, 0.05) is 44.7 Å². The first-order valence-electron chi connectivity index (χ1n) is 10.5. The van der Waals surface area contributed by atoms with Crippen molar-refractivity contribution in [2.24, 2.45) is 5.92 Å². The molecule has 164 valence electrons. The quantitative estimate of drug-likeness (QED) is 0.697. The standard InChI is InChI=1S/C21H35N3O5/c1-5-18(26)22-10-6-16(7-11-22)19(27)23-12-8-17(9-13-23)24(14-15-25)20(28)29-21(2,3)4/h5,16-17,25H,1,6-15H2,2-4H3. The van der Waals surface area contributed by atoms with E-state index >= 15 is 0 Å². The number of likely N-dealkylation sites (tertiary alicyclic amines) is 2. The lowest BCUT2D eigenvalue weighted by molar-refractivity contribution is -0.140. The van der Waals surface area contributed by atoms with Gasteiger partial charge < -0.3 is 24.5 Å². The van der Waals surface area contributed by atoms with Crippen LogP contribution in [0.25, 0.3) is 0 Å². The van der Waals surface area contributed by atoms with E-state index in [4.69, 9.17) is 4.74 Å². The van der Waals surface area contributed by atoms with Crippen molar-refractivity contribution in [3.63, 3.8) is 0 Å². The van der Waals surface area contributed by atoms with E-state index in [0.29, 0.717) is 51.9 Å². The number of ether oxygens (including phenoxy) is 1. The van der Waals surface area contributed by atoms with Crippen LogP contribution in [-0.2, 0) is 14.3 Å². The number of hydrogen-bond donors (Lipinski definition) is 1. The first kappa shape index (κ1) is 23.2. The predicted molar refractivity (Wildman–Crippen MR) is 109 cm³/mol. The number of amides is 3. The van der Waals surface area contributed by atoms with Crippen LogP contribution in [-0.4, -0.2) is 88.7 Å². The Hall–Kier alpha value is -2.09. The van der Waals surface area contributed by atoms with Crippen LogP contribution < -0.4 is 0 Å². The van der Waals surface area contributed by atoms with Gasteiger partial charge in [-0.15, -0.1) is 0 Å². The lowest BCUT2D eigenvalue weighted by atomic mass is 9.93. The number of carbonyl (C=O) groups excluding carboxylic acids is 3. The van der Waals surface area contributed by atoms with Crippen molar-refractivity contribution in [1.82, 2.24) is 14.7 Å². The molecule has 3 amide bonds. The van der Waals surface area contributed by atoms with Crippen molar-refractivity contribution < 1.29 is 24.2 Å². The molecular weight excluding hydrogens is 374 g/mol. The fourth-order valence-electron chi connectivity index (χ4n) is 3.98. The van der Waals surface area contributed by atoms with Gasteiger partial charge in [0.2, 0.25) is 11.8 Å². The predicted octanol–water partition coefficient (Wildman–Crippen LogP) is 1.63. The molecule has 0 unspecified atom stereocenters. The van der Waals surface area contributed by atoms with Gasteiger partial charge in [0.15, 0.2) is 0 Å². The molecule has 0 atom stereocenters. The summed E-state index contributed by atoms with van der Waals surface area (Å²) in [7, 11) is 0. The van der Waals surface area contributed by atoms with E-state index in [1.54, 1.807) is 9.80 Å². The first-order valence-corrected chi connectivity index (χ1v) is 10.5. The Kier molecular flexibility index (Phi) is 8.07. The topological polar surface area (TPSA) is 90.4 Å². The molecular formula is C21H35N3O5. The maximum atomic E-state index is 12.9. The maximum Gasteiger partial charge on any atom is 0.410 e. The smallest absolute Gasteiger partial charge is 0.410 e. The highest BCUT2D eigenvalue weighted by Gasteiger charge is 2.35. The SMILES string of the molecule is C=CC(=O)N1CCC(C(=O)N2CCC(N(CCO)C(=O)OC(C)(C)C)CC2)CC1. The van der Waals surface area contributed by atoms with Gasteiger partial charge in [-0.2, -0.15) is 0 Å². The van der Waals surface area contributed by atoms with E-state index < -0.39 is 11.7 Å². The van der Waals surface area contributed by atoms with Crippen LogP contribution >= 0.6 is 0 Å². The summed E-state index contributed by atoms with van der Waals surface area (Å²) < 4.78 is 5.47. The number of aliphatic hydroxyl groups is 1.